The van der Waals surface area contributed by atoms with Gasteiger partial charge in [0.2, 0.25) is 11.8 Å². The number of benzene rings is 1. The van der Waals surface area contributed by atoms with Gasteiger partial charge in [-0.25, -0.2) is 9.97 Å². The van der Waals surface area contributed by atoms with Crippen LogP contribution in [0.4, 0.5) is 0 Å². The molecular formula is C27H31N5O4. The van der Waals surface area contributed by atoms with E-state index in [1.807, 2.05) is 37.4 Å². The average molecular weight is 490 g/mol. The average Bonchev–Trinajstić information content (AvgIpc) is 3.15. The molecule has 1 N–H and O–H groups in total. The molecule has 9 heteroatoms. The van der Waals surface area contributed by atoms with Crippen LogP contribution in [0.1, 0.15) is 71.9 Å². The molecule has 6 rings (SSSR count). The molecule has 3 atom stereocenters. The van der Waals surface area contributed by atoms with Crippen LogP contribution in [-0.2, 0) is 16.1 Å². The Morgan fingerprint density at radius 2 is 1.89 bits per heavy atom. The summed E-state index contributed by atoms with van der Waals surface area (Å²) in [6, 6.07) is 7.31. The monoisotopic (exact) mass is 489 g/mol. The van der Waals surface area contributed by atoms with E-state index in [0.29, 0.717) is 30.5 Å². The smallest absolute Gasteiger partial charge is 0.255 e. The van der Waals surface area contributed by atoms with Crippen LogP contribution in [0.2, 0.25) is 0 Å². The Balaban J connectivity index is 1.12. The number of aryl methyl sites for hydroxylation is 1. The van der Waals surface area contributed by atoms with E-state index in [0.717, 1.165) is 55.2 Å². The van der Waals surface area contributed by atoms with E-state index in [1.165, 1.54) is 6.42 Å². The van der Waals surface area contributed by atoms with Crippen molar-refractivity contribution in [3.8, 4) is 5.75 Å². The molecular weight excluding hydrogens is 458 g/mol. The maximum absolute atomic E-state index is 13.0. The Labute approximate surface area is 210 Å². The minimum Gasteiger partial charge on any atom is -0.489 e. The Morgan fingerprint density at radius 3 is 2.69 bits per heavy atom. The molecule has 2 aromatic rings. The number of nitrogens with zero attached hydrogens (tertiary/aromatic N) is 4. The van der Waals surface area contributed by atoms with Crippen LogP contribution in [-0.4, -0.2) is 68.8 Å². The van der Waals surface area contributed by atoms with Crippen molar-refractivity contribution in [3.05, 3.63) is 53.1 Å². The first-order valence-electron chi connectivity index (χ1n) is 12.9. The summed E-state index contributed by atoms with van der Waals surface area (Å²) >= 11 is 0. The molecule has 1 aromatic carbocycles. The number of carbonyl (C=O) groups is 3. The predicted molar refractivity (Wildman–Crippen MR) is 130 cm³/mol. The van der Waals surface area contributed by atoms with E-state index >= 15 is 0 Å². The first-order valence-corrected chi connectivity index (χ1v) is 12.9. The van der Waals surface area contributed by atoms with Crippen LogP contribution in [0.15, 0.2) is 30.5 Å². The molecule has 3 aliphatic heterocycles. The third-order valence-corrected chi connectivity index (χ3v) is 8.01. The van der Waals surface area contributed by atoms with Gasteiger partial charge in [0.25, 0.3) is 5.91 Å². The van der Waals surface area contributed by atoms with Gasteiger partial charge in [0, 0.05) is 55.5 Å². The van der Waals surface area contributed by atoms with E-state index in [1.54, 1.807) is 4.90 Å². The van der Waals surface area contributed by atoms with Crippen LogP contribution in [0.5, 0.6) is 5.75 Å². The first kappa shape index (κ1) is 23.1. The van der Waals surface area contributed by atoms with Gasteiger partial charge in [0.15, 0.2) is 0 Å². The second-order valence-electron chi connectivity index (χ2n) is 10.4. The van der Waals surface area contributed by atoms with Gasteiger partial charge >= 0.3 is 0 Å². The van der Waals surface area contributed by atoms with Gasteiger partial charge in [-0.1, -0.05) is 6.42 Å². The molecule has 0 radical (unpaired) electrons. The molecule has 4 aliphatic rings. The summed E-state index contributed by atoms with van der Waals surface area (Å²) in [7, 11) is 0. The molecule has 188 valence electrons. The minimum atomic E-state index is -0.605. The highest BCUT2D eigenvalue weighted by Crippen LogP contribution is 2.36. The zero-order valence-corrected chi connectivity index (χ0v) is 20.5. The van der Waals surface area contributed by atoms with Crippen molar-refractivity contribution in [2.45, 2.75) is 76.1 Å². The van der Waals surface area contributed by atoms with Crippen molar-refractivity contribution in [1.29, 1.82) is 0 Å². The van der Waals surface area contributed by atoms with Crippen molar-refractivity contribution < 1.29 is 19.1 Å². The Kier molecular flexibility index (Phi) is 5.95. The second-order valence-corrected chi connectivity index (χ2v) is 10.4. The maximum Gasteiger partial charge on any atom is 0.255 e. The van der Waals surface area contributed by atoms with E-state index in [4.69, 9.17) is 4.74 Å². The molecule has 1 saturated carbocycles. The van der Waals surface area contributed by atoms with Gasteiger partial charge < -0.3 is 9.64 Å². The Morgan fingerprint density at radius 1 is 1.06 bits per heavy atom. The summed E-state index contributed by atoms with van der Waals surface area (Å²) in [5.74, 6) is 1.24. The highest BCUT2D eigenvalue weighted by atomic mass is 16.5. The SMILES string of the molecule is Cc1ccnc(C2CN([C@@H]3CCCC[C@@H]3Oc3ccc4c(c3)CN(C3CCC(=O)NC3=O)C4=O)C2)n1. The number of piperidine rings is 1. The third-order valence-electron chi connectivity index (χ3n) is 8.01. The highest BCUT2D eigenvalue weighted by Gasteiger charge is 2.41. The number of hydrogen-bond acceptors (Lipinski definition) is 7. The molecule has 36 heavy (non-hydrogen) atoms. The molecule has 4 heterocycles. The van der Waals surface area contributed by atoms with E-state index < -0.39 is 11.9 Å². The fraction of sp³-hybridized carbons (Fsp3) is 0.519. The topological polar surface area (TPSA) is 105 Å². The predicted octanol–water partition coefficient (Wildman–Crippen LogP) is 2.34. The minimum absolute atomic E-state index is 0.0968. The molecule has 0 spiro atoms. The summed E-state index contributed by atoms with van der Waals surface area (Å²) in [6.45, 7) is 4.26. The van der Waals surface area contributed by atoms with Gasteiger partial charge in [-0.05, 0) is 62.4 Å². The fourth-order valence-corrected chi connectivity index (χ4v) is 6.04. The van der Waals surface area contributed by atoms with E-state index in [-0.39, 0.29) is 24.3 Å². The molecule has 9 nitrogen and oxygen atoms in total. The van der Waals surface area contributed by atoms with Gasteiger partial charge in [-0.2, -0.15) is 0 Å². The molecule has 2 saturated heterocycles. The Hall–Kier alpha value is -3.33. The van der Waals surface area contributed by atoms with Gasteiger partial charge in [0.05, 0.1) is 0 Å². The van der Waals surface area contributed by atoms with E-state index in [2.05, 4.69) is 20.2 Å². The van der Waals surface area contributed by atoms with E-state index in [9.17, 15) is 14.4 Å². The lowest BCUT2D eigenvalue weighted by Crippen LogP contribution is -2.57. The second kappa shape index (κ2) is 9.28. The highest BCUT2D eigenvalue weighted by molar-refractivity contribution is 6.05. The number of hydrogen-bond donors (Lipinski definition) is 1. The number of rotatable bonds is 5. The van der Waals surface area contributed by atoms with Crippen molar-refractivity contribution in [1.82, 2.24) is 25.1 Å². The van der Waals surface area contributed by atoms with Crippen LogP contribution in [0, 0.1) is 6.92 Å². The first-order chi connectivity index (χ1) is 17.5. The van der Waals surface area contributed by atoms with Gasteiger partial charge in [-0.3, -0.25) is 24.6 Å². The van der Waals surface area contributed by atoms with Crippen LogP contribution in [0.3, 0.4) is 0 Å². The number of ether oxygens (including phenoxy) is 1. The fourth-order valence-electron chi connectivity index (χ4n) is 6.04. The summed E-state index contributed by atoms with van der Waals surface area (Å²) in [6.07, 6.45) is 7.01. The zero-order valence-electron chi connectivity index (χ0n) is 20.5. The van der Waals surface area contributed by atoms with Crippen molar-refractivity contribution in [2.75, 3.05) is 13.1 Å². The van der Waals surface area contributed by atoms with Gasteiger partial charge in [-0.15, -0.1) is 0 Å². The molecule has 0 bridgehead atoms. The van der Waals surface area contributed by atoms with Crippen LogP contribution >= 0.6 is 0 Å². The summed E-state index contributed by atoms with van der Waals surface area (Å²) in [5.41, 5.74) is 2.48. The number of imide groups is 1. The molecule has 1 unspecified atom stereocenters. The lowest BCUT2D eigenvalue weighted by Gasteiger charge is -2.47. The molecule has 3 fully saturated rings. The quantitative estimate of drug-likeness (QED) is 0.643. The number of carbonyl (C=O) groups excluding carboxylic acids is 3. The lowest BCUT2D eigenvalue weighted by atomic mass is 9.86. The number of amides is 3. The van der Waals surface area contributed by atoms with Crippen LogP contribution < -0.4 is 10.1 Å². The molecule has 1 aromatic heterocycles. The normalized spacial score (nSPS) is 27.0. The van der Waals surface area contributed by atoms with Crippen molar-refractivity contribution in [2.24, 2.45) is 0 Å². The van der Waals surface area contributed by atoms with Crippen LogP contribution in [0.25, 0.3) is 0 Å². The summed E-state index contributed by atoms with van der Waals surface area (Å²) < 4.78 is 6.53. The number of aromatic nitrogens is 2. The van der Waals surface area contributed by atoms with Crippen molar-refractivity contribution in [3.63, 3.8) is 0 Å². The summed E-state index contributed by atoms with van der Waals surface area (Å²) in [5, 5.41) is 2.35. The third kappa shape index (κ3) is 4.25. The lowest BCUT2D eigenvalue weighted by molar-refractivity contribution is -0.136. The molecule has 1 aliphatic carbocycles. The maximum atomic E-state index is 13.0. The number of likely N-dealkylation sites (tertiary alicyclic amines) is 1. The Bertz CT molecular complexity index is 1210. The number of nitrogens with one attached hydrogen (secondary N) is 1. The zero-order chi connectivity index (χ0) is 24.8. The summed E-state index contributed by atoms with van der Waals surface area (Å²) in [4.78, 5) is 50.0. The standard InChI is InChI=1S/C27H31N5O4/c1-16-10-11-28-25(29-16)18-13-31(14-18)21-4-2-3-5-23(21)36-19-6-7-20-17(12-19)15-32(27(20)35)22-8-9-24(33)30-26(22)34/h6-7,10-12,18,21-23H,2-5,8-9,13-15H2,1H3,(H,30,33,34)/t21-,22?,23+/m1/s1. The molecule has 3 amide bonds. The number of fused-ring (bicyclic) bond motifs is 1. The van der Waals surface area contributed by atoms with Gasteiger partial charge in [0.1, 0.15) is 23.7 Å². The largest absolute Gasteiger partial charge is 0.489 e. The van der Waals surface area contributed by atoms with Crippen molar-refractivity contribution >= 4 is 17.7 Å².